The molecule has 1 aliphatic heterocycles. The predicted molar refractivity (Wildman–Crippen MR) is 122 cm³/mol. The van der Waals surface area contributed by atoms with Gasteiger partial charge in [-0.1, -0.05) is 32.9 Å². The summed E-state index contributed by atoms with van der Waals surface area (Å²) in [7, 11) is 3.04. The number of carbonyl (C=O) groups is 2. The summed E-state index contributed by atoms with van der Waals surface area (Å²) in [5.74, 6) is 0.0416. The summed E-state index contributed by atoms with van der Waals surface area (Å²) in [6.45, 7) is 7.60. The summed E-state index contributed by atoms with van der Waals surface area (Å²) in [6.07, 6.45) is 0. The third kappa shape index (κ3) is 4.15. The molecule has 7 nitrogen and oxygen atoms in total. The van der Waals surface area contributed by atoms with Crippen LogP contribution < -0.4 is 19.1 Å². The molecule has 0 saturated heterocycles. The highest BCUT2D eigenvalue weighted by atomic mass is 16.5. The summed E-state index contributed by atoms with van der Waals surface area (Å²) in [5, 5.41) is 10.8. The van der Waals surface area contributed by atoms with Crippen LogP contribution in [0.5, 0.6) is 17.2 Å². The molecule has 0 radical (unpaired) electrons. The van der Waals surface area contributed by atoms with Gasteiger partial charge in [-0.05, 0) is 36.8 Å². The quantitative estimate of drug-likeness (QED) is 0.678. The Bertz CT molecular complexity index is 1070. The van der Waals surface area contributed by atoms with Crippen molar-refractivity contribution in [1.82, 2.24) is 0 Å². The van der Waals surface area contributed by atoms with E-state index in [1.54, 1.807) is 63.2 Å². The van der Waals surface area contributed by atoms with Crippen molar-refractivity contribution in [2.75, 3.05) is 25.7 Å². The highest BCUT2D eigenvalue weighted by Crippen LogP contribution is 2.45. The number of hydrogen-bond acceptors (Lipinski definition) is 6. The molecule has 1 heterocycles. The first-order valence-electron chi connectivity index (χ1n) is 10.4. The average molecular weight is 440 g/mol. The number of nitrogens with zero attached hydrogens (tertiary/aromatic N) is 1. The molecule has 1 unspecified atom stereocenters. The number of methoxy groups -OCH3 is 2. The van der Waals surface area contributed by atoms with Crippen molar-refractivity contribution in [2.24, 2.45) is 5.41 Å². The number of anilines is 1. The van der Waals surface area contributed by atoms with Crippen LogP contribution in [-0.4, -0.2) is 37.6 Å². The maximum Gasteiger partial charge on any atom is 0.294 e. The maximum atomic E-state index is 13.4. The van der Waals surface area contributed by atoms with E-state index in [2.05, 4.69) is 0 Å². The van der Waals surface area contributed by atoms with Crippen LogP contribution in [0, 0.1) is 5.41 Å². The zero-order valence-electron chi connectivity index (χ0n) is 19.3. The minimum atomic E-state index is -0.842. The topological polar surface area (TPSA) is 85.3 Å². The third-order valence-corrected chi connectivity index (χ3v) is 5.26. The Kier molecular flexibility index (Phi) is 6.48. The van der Waals surface area contributed by atoms with E-state index in [1.807, 2.05) is 6.92 Å². The van der Waals surface area contributed by atoms with E-state index in [9.17, 15) is 14.7 Å². The van der Waals surface area contributed by atoms with Crippen LogP contribution in [0.1, 0.15) is 39.3 Å². The summed E-state index contributed by atoms with van der Waals surface area (Å²) in [5.41, 5.74) is 0.358. The highest BCUT2D eigenvalue weighted by molar-refractivity contribution is 6.17. The van der Waals surface area contributed by atoms with Gasteiger partial charge in [-0.2, -0.15) is 0 Å². The molecule has 2 aromatic rings. The molecular weight excluding hydrogens is 410 g/mol. The van der Waals surface area contributed by atoms with Crippen molar-refractivity contribution in [2.45, 2.75) is 33.7 Å². The lowest BCUT2D eigenvalue weighted by atomic mass is 9.82. The van der Waals surface area contributed by atoms with E-state index >= 15 is 0 Å². The summed E-state index contributed by atoms with van der Waals surface area (Å²) in [6, 6.07) is 11.3. The summed E-state index contributed by atoms with van der Waals surface area (Å²) < 4.78 is 16.3. The molecule has 32 heavy (non-hydrogen) atoms. The average Bonchev–Trinajstić information content (AvgIpc) is 3.03. The highest BCUT2D eigenvalue weighted by Gasteiger charge is 2.47. The lowest BCUT2D eigenvalue weighted by Gasteiger charge is -2.29. The molecule has 1 atom stereocenters. The van der Waals surface area contributed by atoms with Crippen LogP contribution in [-0.2, 0) is 9.59 Å². The molecule has 0 aromatic heterocycles. The first kappa shape index (κ1) is 23.2. The first-order valence-corrected chi connectivity index (χ1v) is 10.4. The molecule has 1 amide bonds. The van der Waals surface area contributed by atoms with Crippen LogP contribution in [0.4, 0.5) is 5.69 Å². The molecule has 1 N–H and O–H groups in total. The SMILES string of the molecule is CCOc1cccc(N2C(=O)C(O)=C(C(=O)C(C)(C)C)C2c2ccc(OC)c(OC)c2)c1. The van der Waals surface area contributed by atoms with Crippen LogP contribution in [0.2, 0.25) is 0 Å². The molecule has 0 fully saturated rings. The van der Waals surface area contributed by atoms with Crippen LogP contribution >= 0.6 is 0 Å². The van der Waals surface area contributed by atoms with Gasteiger partial charge in [0.25, 0.3) is 5.91 Å². The van der Waals surface area contributed by atoms with Crippen molar-refractivity contribution in [1.29, 1.82) is 0 Å². The van der Waals surface area contributed by atoms with Gasteiger partial charge in [-0.3, -0.25) is 14.5 Å². The van der Waals surface area contributed by atoms with Gasteiger partial charge in [0.2, 0.25) is 0 Å². The van der Waals surface area contributed by atoms with E-state index in [1.165, 1.54) is 19.1 Å². The Balaban J connectivity index is 2.22. The Hall–Kier alpha value is -3.48. The van der Waals surface area contributed by atoms with Crippen molar-refractivity contribution in [3.63, 3.8) is 0 Å². The fraction of sp³-hybridized carbons (Fsp3) is 0.360. The number of rotatable bonds is 7. The Morgan fingerprint density at radius 3 is 2.34 bits per heavy atom. The molecule has 3 rings (SSSR count). The van der Waals surface area contributed by atoms with Gasteiger partial charge in [0.05, 0.1) is 32.4 Å². The van der Waals surface area contributed by atoms with Gasteiger partial charge in [-0.15, -0.1) is 0 Å². The molecule has 0 spiro atoms. The van der Waals surface area contributed by atoms with Gasteiger partial charge in [0.1, 0.15) is 5.75 Å². The zero-order valence-corrected chi connectivity index (χ0v) is 19.3. The molecule has 1 aliphatic rings. The van der Waals surface area contributed by atoms with Crippen LogP contribution in [0.15, 0.2) is 53.8 Å². The minimum Gasteiger partial charge on any atom is -0.503 e. The second-order valence-corrected chi connectivity index (χ2v) is 8.46. The van der Waals surface area contributed by atoms with Gasteiger partial charge >= 0.3 is 0 Å². The number of ether oxygens (including phenoxy) is 3. The van der Waals surface area contributed by atoms with Crippen LogP contribution in [0.3, 0.4) is 0 Å². The summed E-state index contributed by atoms with van der Waals surface area (Å²) >= 11 is 0. The Labute approximate surface area is 188 Å². The maximum absolute atomic E-state index is 13.4. The lowest BCUT2D eigenvalue weighted by molar-refractivity contribution is -0.123. The van der Waals surface area contributed by atoms with E-state index in [4.69, 9.17) is 14.2 Å². The number of benzene rings is 2. The number of hydrogen-bond donors (Lipinski definition) is 1. The van der Waals surface area contributed by atoms with Gasteiger partial charge in [0, 0.05) is 17.2 Å². The zero-order chi connectivity index (χ0) is 23.6. The van der Waals surface area contributed by atoms with Gasteiger partial charge < -0.3 is 19.3 Å². The smallest absolute Gasteiger partial charge is 0.294 e. The van der Waals surface area contributed by atoms with E-state index in [-0.39, 0.29) is 11.4 Å². The lowest BCUT2D eigenvalue weighted by Crippen LogP contribution is -2.32. The van der Waals surface area contributed by atoms with Gasteiger partial charge in [0.15, 0.2) is 23.0 Å². The fourth-order valence-electron chi connectivity index (χ4n) is 3.74. The Morgan fingerprint density at radius 1 is 1.06 bits per heavy atom. The fourth-order valence-corrected chi connectivity index (χ4v) is 3.74. The molecule has 0 aliphatic carbocycles. The third-order valence-electron chi connectivity index (χ3n) is 5.26. The second kappa shape index (κ2) is 8.94. The Morgan fingerprint density at radius 2 is 1.75 bits per heavy atom. The first-order chi connectivity index (χ1) is 15.1. The number of ketones is 1. The normalized spacial score (nSPS) is 16.4. The minimum absolute atomic E-state index is 0.0523. The number of Topliss-reactive ketones (excluding diaryl/α,β-unsaturated/α-hetero) is 1. The number of carbonyl (C=O) groups excluding carboxylic acids is 2. The predicted octanol–water partition coefficient (Wildman–Crippen LogP) is 4.62. The monoisotopic (exact) mass is 439 g/mol. The largest absolute Gasteiger partial charge is 0.503 e. The molecule has 170 valence electrons. The van der Waals surface area contributed by atoms with Crippen molar-refractivity contribution in [3.8, 4) is 17.2 Å². The van der Waals surface area contributed by atoms with Crippen molar-refractivity contribution in [3.05, 3.63) is 59.4 Å². The van der Waals surface area contributed by atoms with E-state index in [0.29, 0.717) is 35.1 Å². The molecule has 0 saturated carbocycles. The number of amides is 1. The van der Waals surface area contributed by atoms with Crippen LogP contribution in [0.25, 0.3) is 0 Å². The molecular formula is C25H29NO6. The second-order valence-electron chi connectivity index (χ2n) is 8.46. The van der Waals surface area contributed by atoms with Crippen molar-refractivity contribution >= 4 is 17.4 Å². The number of aliphatic hydroxyl groups is 1. The molecule has 7 heteroatoms. The van der Waals surface area contributed by atoms with E-state index in [0.717, 1.165) is 0 Å². The van der Waals surface area contributed by atoms with Gasteiger partial charge in [-0.25, -0.2) is 0 Å². The van der Waals surface area contributed by atoms with E-state index < -0.39 is 23.1 Å². The molecule has 2 aromatic carbocycles. The standard InChI is InChI=1S/C25H29NO6/c1-7-32-17-10-8-9-16(14-17)26-21(15-11-12-18(30-5)19(13-15)31-6)20(22(27)24(26)29)23(28)25(2,3)4/h8-14,21,27H,7H2,1-6H3. The number of aliphatic hydroxyl groups excluding tert-OH is 1. The molecule has 0 bridgehead atoms. The van der Waals surface area contributed by atoms with Crippen molar-refractivity contribution < 1.29 is 28.9 Å². The summed E-state index contributed by atoms with van der Waals surface area (Å²) in [4.78, 5) is 28.0.